The molecule has 0 aromatic heterocycles. The first kappa shape index (κ1) is 12.0. The van der Waals surface area contributed by atoms with Crippen molar-refractivity contribution < 1.29 is 9.59 Å². The summed E-state index contributed by atoms with van der Waals surface area (Å²) in [6, 6.07) is 0.116. The summed E-state index contributed by atoms with van der Waals surface area (Å²) in [6.45, 7) is 1.42. The van der Waals surface area contributed by atoms with Gasteiger partial charge in [0, 0.05) is 25.4 Å². The van der Waals surface area contributed by atoms with Crippen LogP contribution in [-0.4, -0.2) is 38.0 Å². The van der Waals surface area contributed by atoms with Gasteiger partial charge >= 0.3 is 0 Å². The third kappa shape index (κ3) is 4.78. The van der Waals surface area contributed by atoms with Crippen molar-refractivity contribution in [1.29, 1.82) is 0 Å². The quantitative estimate of drug-likeness (QED) is 0.533. The minimum Gasteiger partial charge on any atom is -0.354 e. The molecule has 2 amide bonds. The summed E-state index contributed by atoms with van der Waals surface area (Å²) in [5.74, 6) is 0.155. The van der Waals surface area contributed by atoms with Crippen molar-refractivity contribution in [1.82, 2.24) is 16.0 Å². The molecule has 0 spiro atoms. The molecule has 1 atom stereocenters. The normalized spacial score (nSPS) is 20.9. The highest BCUT2D eigenvalue weighted by Gasteiger charge is 2.18. The Kier molecular flexibility index (Phi) is 5.10. The summed E-state index contributed by atoms with van der Waals surface area (Å²) in [4.78, 5) is 22.3. The summed E-state index contributed by atoms with van der Waals surface area (Å²) in [5, 5.41) is 8.65. The topological polar surface area (TPSA) is 70.2 Å². The molecule has 1 heterocycles. The number of hydrogen-bond donors (Lipinski definition) is 3. The molecule has 5 nitrogen and oxygen atoms in total. The zero-order valence-electron chi connectivity index (χ0n) is 9.14. The molecule has 1 saturated heterocycles. The first-order valence-corrected chi connectivity index (χ1v) is 5.43. The van der Waals surface area contributed by atoms with Crippen LogP contribution in [0.15, 0.2) is 0 Å². The van der Waals surface area contributed by atoms with Gasteiger partial charge in [-0.2, -0.15) is 0 Å². The molecule has 0 radical (unpaired) electrons. The predicted octanol–water partition coefficient (Wildman–Crippen LogP) is -0.619. The minimum atomic E-state index is 0.0754. The zero-order chi connectivity index (χ0) is 11.1. The molecular weight excluding hydrogens is 194 g/mol. The Bertz CT molecular complexity index is 221. The lowest BCUT2D eigenvalue weighted by molar-refractivity contribution is -0.125. The summed E-state index contributed by atoms with van der Waals surface area (Å²) >= 11 is 0. The lowest BCUT2D eigenvalue weighted by atomic mass is 10.1. The molecule has 0 aromatic carbocycles. The number of carbonyl (C=O) groups excluding carboxylic acids is 2. The largest absolute Gasteiger partial charge is 0.354 e. The number of hydrogen-bond acceptors (Lipinski definition) is 3. The minimum absolute atomic E-state index is 0.0754. The number of amides is 2. The molecule has 1 aliphatic heterocycles. The van der Waals surface area contributed by atoms with Crippen LogP contribution in [0.4, 0.5) is 0 Å². The molecule has 0 aromatic rings. The number of piperidine rings is 1. The van der Waals surface area contributed by atoms with Crippen molar-refractivity contribution in [2.45, 2.75) is 31.7 Å². The monoisotopic (exact) mass is 213 g/mol. The fraction of sp³-hybridized carbons (Fsp3) is 0.800. The average Bonchev–Trinajstić information content (AvgIpc) is 2.22. The fourth-order valence-electron chi connectivity index (χ4n) is 1.58. The van der Waals surface area contributed by atoms with Crippen LogP contribution in [0.5, 0.6) is 0 Å². The third-order valence-corrected chi connectivity index (χ3v) is 2.46. The Balaban J connectivity index is 2.12. The molecule has 1 aliphatic rings. The van der Waals surface area contributed by atoms with E-state index in [9.17, 15) is 9.59 Å². The van der Waals surface area contributed by atoms with Gasteiger partial charge in [0.15, 0.2) is 0 Å². The predicted molar refractivity (Wildman–Crippen MR) is 57.3 cm³/mol. The molecule has 3 N–H and O–H groups in total. The molecule has 15 heavy (non-hydrogen) atoms. The van der Waals surface area contributed by atoms with Gasteiger partial charge in [-0.25, -0.2) is 0 Å². The highest BCUT2D eigenvalue weighted by Crippen LogP contribution is 2.03. The summed E-state index contributed by atoms with van der Waals surface area (Å²) in [7, 11) is 1.87. The summed E-state index contributed by atoms with van der Waals surface area (Å²) < 4.78 is 0. The maximum Gasteiger partial charge on any atom is 0.220 e. The molecule has 1 unspecified atom stereocenters. The zero-order valence-corrected chi connectivity index (χ0v) is 9.14. The maximum absolute atomic E-state index is 11.4. The van der Waals surface area contributed by atoms with Crippen LogP contribution in [0, 0.1) is 0 Å². The second-order valence-electron chi connectivity index (χ2n) is 3.81. The molecule has 0 bridgehead atoms. The smallest absolute Gasteiger partial charge is 0.220 e. The molecule has 0 saturated carbocycles. The van der Waals surface area contributed by atoms with Gasteiger partial charge in [0.05, 0.1) is 0 Å². The van der Waals surface area contributed by atoms with Gasteiger partial charge in [0.25, 0.3) is 0 Å². The van der Waals surface area contributed by atoms with Crippen molar-refractivity contribution in [2.75, 3.05) is 20.1 Å². The van der Waals surface area contributed by atoms with Crippen LogP contribution in [0.1, 0.15) is 25.7 Å². The molecule has 86 valence electrons. The molecule has 5 heteroatoms. The Labute approximate surface area is 90.0 Å². The van der Waals surface area contributed by atoms with Crippen LogP contribution in [0.3, 0.4) is 0 Å². The summed E-state index contributed by atoms with van der Waals surface area (Å²) in [6.07, 6.45) is 2.66. The van der Waals surface area contributed by atoms with E-state index in [1.54, 1.807) is 0 Å². The molecular formula is C10H19N3O2. The third-order valence-electron chi connectivity index (χ3n) is 2.46. The lowest BCUT2D eigenvalue weighted by Gasteiger charge is -2.23. The van der Waals surface area contributed by atoms with E-state index in [0.717, 1.165) is 19.4 Å². The van der Waals surface area contributed by atoms with Crippen molar-refractivity contribution in [3.05, 3.63) is 0 Å². The Morgan fingerprint density at radius 3 is 3.00 bits per heavy atom. The maximum atomic E-state index is 11.4. The van der Waals surface area contributed by atoms with E-state index < -0.39 is 0 Å². The van der Waals surface area contributed by atoms with E-state index in [1.165, 1.54) is 0 Å². The van der Waals surface area contributed by atoms with Crippen LogP contribution in [0.2, 0.25) is 0 Å². The second kappa shape index (κ2) is 6.40. The average molecular weight is 213 g/mol. The van der Waals surface area contributed by atoms with Crippen molar-refractivity contribution >= 4 is 11.8 Å². The van der Waals surface area contributed by atoms with Gasteiger partial charge in [-0.3, -0.25) is 9.59 Å². The van der Waals surface area contributed by atoms with Gasteiger partial charge in [0.2, 0.25) is 11.8 Å². The van der Waals surface area contributed by atoms with E-state index in [2.05, 4.69) is 16.0 Å². The van der Waals surface area contributed by atoms with Crippen molar-refractivity contribution in [2.24, 2.45) is 0 Å². The van der Waals surface area contributed by atoms with Crippen LogP contribution in [-0.2, 0) is 9.59 Å². The fourth-order valence-corrected chi connectivity index (χ4v) is 1.58. The first-order valence-electron chi connectivity index (χ1n) is 5.43. The molecule has 0 aliphatic carbocycles. The van der Waals surface area contributed by atoms with Crippen LogP contribution >= 0.6 is 0 Å². The van der Waals surface area contributed by atoms with Crippen molar-refractivity contribution in [3.63, 3.8) is 0 Å². The number of carbonyl (C=O) groups is 2. The Hall–Kier alpha value is -1.10. The Morgan fingerprint density at radius 2 is 2.40 bits per heavy atom. The molecule has 1 rings (SSSR count). The van der Waals surface area contributed by atoms with E-state index in [1.807, 2.05) is 7.05 Å². The first-order chi connectivity index (χ1) is 7.22. The Morgan fingerprint density at radius 1 is 1.60 bits per heavy atom. The lowest BCUT2D eigenvalue weighted by Crippen LogP contribution is -2.47. The van der Waals surface area contributed by atoms with Gasteiger partial charge < -0.3 is 16.0 Å². The van der Waals surface area contributed by atoms with E-state index in [0.29, 0.717) is 19.4 Å². The molecule has 1 fully saturated rings. The second-order valence-corrected chi connectivity index (χ2v) is 3.81. The highest BCUT2D eigenvalue weighted by molar-refractivity contribution is 5.78. The van der Waals surface area contributed by atoms with E-state index in [4.69, 9.17) is 0 Å². The number of rotatable bonds is 5. The highest BCUT2D eigenvalue weighted by atomic mass is 16.2. The van der Waals surface area contributed by atoms with Gasteiger partial charge in [-0.1, -0.05) is 0 Å². The van der Waals surface area contributed by atoms with Crippen LogP contribution in [0.25, 0.3) is 0 Å². The van der Waals surface area contributed by atoms with Crippen molar-refractivity contribution in [3.8, 4) is 0 Å². The van der Waals surface area contributed by atoms with Gasteiger partial charge in [-0.05, 0) is 26.4 Å². The van der Waals surface area contributed by atoms with Gasteiger partial charge in [0.1, 0.15) is 0 Å². The van der Waals surface area contributed by atoms with Gasteiger partial charge in [-0.15, -0.1) is 0 Å². The summed E-state index contributed by atoms with van der Waals surface area (Å²) in [5.41, 5.74) is 0. The standard InChI is InChI=1S/C10H19N3O2/c1-11-6-2-3-10(15)13-8-4-5-9(14)12-7-8/h8,11H,2-7H2,1H3,(H,12,14)(H,13,15). The van der Waals surface area contributed by atoms with Crippen LogP contribution < -0.4 is 16.0 Å². The number of nitrogens with one attached hydrogen (secondary N) is 3. The van der Waals surface area contributed by atoms with E-state index in [-0.39, 0.29) is 17.9 Å². The van der Waals surface area contributed by atoms with E-state index >= 15 is 0 Å². The SMILES string of the molecule is CNCCCC(=O)NC1CCC(=O)NC1.